The van der Waals surface area contributed by atoms with Crippen molar-refractivity contribution in [2.24, 2.45) is 0 Å². The van der Waals surface area contributed by atoms with Gasteiger partial charge in [-0.1, -0.05) is 162 Å². The fourth-order valence-corrected chi connectivity index (χ4v) is 5.26. The Bertz CT molecular complexity index is 635. The number of rotatable bonds is 33. The molecule has 6 heteroatoms. The minimum atomic E-state index is -0.753. The van der Waals surface area contributed by atoms with Gasteiger partial charge in [0, 0.05) is 19.3 Å². The van der Waals surface area contributed by atoms with E-state index < -0.39 is 6.10 Å². The lowest BCUT2D eigenvalue weighted by atomic mass is 10.0. The Kier molecular flexibility index (Phi) is 32.1. The lowest BCUT2D eigenvalue weighted by Crippen LogP contribution is -2.30. The maximum absolute atomic E-state index is 12.5. The third kappa shape index (κ3) is 31.6. The smallest absolute Gasteiger partial charge is 0.306 e. The molecule has 0 aliphatic rings. The van der Waals surface area contributed by atoms with Crippen molar-refractivity contribution in [2.45, 2.75) is 207 Å². The molecule has 0 saturated carbocycles. The average Bonchev–Trinajstić information content (AvgIpc) is 3.00. The topological polar surface area (TPSA) is 78.9 Å². The van der Waals surface area contributed by atoms with Gasteiger partial charge in [0.1, 0.15) is 13.2 Å². The van der Waals surface area contributed by atoms with Gasteiger partial charge in [-0.2, -0.15) is 0 Å². The quantitative estimate of drug-likeness (QED) is 0.0418. The fraction of sp³-hybridized carbons (Fsp3) is 0.919. The molecule has 0 bridgehead atoms. The Morgan fingerprint density at radius 3 is 0.930 bits per heavy atom. The molecule has 0 aliphatic carbocycles. The van der Waals surface area contributed by atoms with E-state index in [-0.39, 0.29) is 31.1 Å². The van der Waals surface area contributed by atoms with Crippen LogP contribution in [-0.2, 0) is 28.6 Å². The van der Waals surface area contributed by atoms with Crippen LogP contribution in [0.3, 0.4) is 0 Å². The van der Waals surface area contributed by atoms with Gasteiger partial charge in [0.15, 0.2) is 6.10 Å². The van der Waals surface area contributed by atoms with Crippen molar-refractivity contribution in [1.82, 2.24) is 0 Å². The van der Waals surface area contributed by atoms with Crippen LogP contribution < -0.4 is 0 Å². The second-order valence-corrected chi connectivity index (χ2v) is 12.5. The lowest BCUT2D eigenvalue weighted by molar-refractivity contribution is -0.167. The standard InChI is InChI=1S/C37H70O6/c1-4-7-10-13-15-16-17-18-19-20-22-25-28-31-37(40)43-34(32-41-35(38)29-26-23-12-9-6-3)33-42-36(39)30-27-24-21-14-11-8-5-2/h34H,4-33H2,1-3H3. The first-order valence-electron chi connectivity index (χ1n) is 18.5. The molecule has 0 rings (SSSR count). The van der Waals surface area contributed by atoms with Crippen LogP contribution in [0.4, 0.5) is 0 Å². The number of esters is 3. The van der Waals surface area contributed by atoms with Crippen molar-refractivity contribution < 1.29 is 28.6 Å². The van der Waals surface area contributed by atoms with Crippen LogP contribution in [-0.4, -0.2) is 37.2 Å². The van der Waals surface area contributed by atoms with Crippen molar-refractivity contribution in [1.29, 1.82) is 0 Å². The third-order valence-electron chi connectivity index (χ3n) is 8.11. The number of ether oxygens (including phenoxy) is 3. The van der Waals surface area contributed by atoms with E-state index in [4.69, 9.17) is 14.2 Å². The maximum atomic E-state index is 12.5. The molecule has 1 unspecified atom stereocenters. The van der Waals surface area contributed by atoms with Crippen molar-refractivity contribution in [3.63, 3.8) is 0 Å². The molecule has 0 aliphatic heterocycles. The molecule has 0 saturated heterocycles. The van der Waals surface area contributed by atoms with Crippen molar-refractivity contribution in [3.8, 4) is 0 Å². The van der Waals surface area contributed by atoms with Crippen LogP contribution in [0.25, 0.3) is 0 Å². The van der Waals surface area contributed by atoms with E-state index in [1.165, 1.54) is 96.3 Å². The summed E-state index contributed by atoms with van der Waals surface area (Å²) >= 11 is 0. The van der Waals surface area contributed by atoms with E-state index >= 15 is 0 Å². The molecule has 0 spiro atoms. The van der Waals surface area contributed by atoms with Crippen molar-refractivity contribution in [2.75, 3.05) is 13.2 Å². The van der Waals surface area contributed by atoms with E-state index in [9.17, 15) is 14.4 Å². The summed E-state index contributed by atoms with van der Waals surface area (Å²) in [4.78, 5) is 37.0. The van der Waals surface area contributed by atoms with Crippen molar-refractivity contribution in [3.05, 3.63) is 0 Å². The van der Waals surface area contributed by atoms with E-state index in [2.05, 4.69) is 20.8 Å². The first kappa shape index (κ1) is 41.4. The zero-order chi connectivity index (χ0) is 31.6. The normalized spacial score (nSPS) is 11.8. The lowest BCUT2D eigenvalue weighted by Gasteiger charge is -2.18. The van der Waals surface area contributed by atoms with Crippen LogP contribution in [0.15, 0.2) is 0 Å². The maximum Gasteiger partial charge on any atom is 0.306 e. The molecule has 0 N–H and O–H groups in total. The summed E-state index contributed by atoms with van der Waals surface area (Å²) in [5, 5.41) is 0. The molecule has 0 aromatic carbocycles. The molecule has 0 aromatic heterocycles. The van der Waals surface area contributed by atoms with E-state index in [0.717, 1.165) is 64.2 Å². The summed E-state index contributed by atoms with van der Waals surface area (Å²) in [5.41, 5.74) is 0. The first-order valence-corrected chi connectivity index (χ1v) is 18.5. The highest BCUT2D eigenvalue weighted by atomic mass is 16.6. The van der Waals surface area contributed by atoms with E-state index in [0.29, 0.717) is 19.3 Å². The van der Waals surface area contributed by atoms with Gasteiger partial charge in [-0.25, -0.2) is 0 Å². The Labute approximate surface area is 266 Å². The van der Waals surface area contributed by atoms with E-state index in [1.807, 2.05) is 0 Å². The summed E-state index contributed by atoms with van der Waals surface area (Å²) in [7, 11) is 0. The highest BCUT2D eigenvalue weighted by molar-refractivity contribution is 5.71. The zero-order valence-electron chi connectivity index (χ0n) is 28.7. The second-order valence-electron chi connectivity index (χ2n) is 12.5. The highest BCUT2D eigenvalue weighted by Gasteiger charge is 2.19. The third-order valence-corrected chi connectivity index (χ3v) is 8.11. The Hall–Kier alpha value is -1.59. The highest BCUT2D eigenvalue weighted by Crippen LogP contribution is 2.14. The predicted octanol–water partition coefficient (Wildman–Crippen LogP) is 11.0. The second kappa shape index (κ2) is 33.3. The van der Waals surface area contributed by atoms with Gasteiger partial charge in [-0.3, -0.25) is 14.4 Å². The molecule has 0 fully saturated rings. The predicted molar refractivity (Wildman–Crippen MR) is 178 cm³/mol. The summed E-state index contributed by atoms with van der Waals surface area (Å²) in [5.74, 6) is -0.886. The van der Waals surface area contributed by atoms with Gasteiger partial charge in [-0.05, 0) is 19.3 Å². The van der Waals surface area contributed by atoms with Gasteiger partial charge in [0.05, 0.1) is 0 Å². The number of hydrogen-bond acceptors (Lipinski definition) is 6. The van der Waals surface area contributed by atoms with Gasteiger partial charge in [-0.15, -0.1) is 0 Å². The number of unbranched alkanes of at least 4 members (excludes halogenated alkanes) is 22. The van der Waals surface area contributed by atoms with Crippen LogP contribution in [0.2, 0.25) is 0 Å². The fourth-order valence-electron chi connectivity index (χ4n) is 5.26. The zero-order valence-corrected chi connectivity index (χ0v) is 28.7. The van der Waals surface area contributed by atoms with Crippen LogP contribution in [0.1, 0.15) is 201 Å². The summed E-state index contributed by atoms with van der Waals surface area (Å²) in [6.07, 6.45) is 29.8. The van der Waals surface area contributed by atoms with Gasteiger partial charge in [0.2, 0.25) is 0 Å². The molecule has 0 heterocycles. The van der Waals surface area contributed by atoms with Crippen molar-refractivity contribution >= 4 is 17.9 Å². The minimum Gasteiger partial charge on any atom is -0.462 e. The summed E-state index contributed by atoms with van der Waals surface area (Å²) in [6.45, 7) is 6.49. The van der Waals surface area contributed by atoms with Gasteiger partial charge < -0.3 is 14.2 Å². The minimum absolute atomic E-state index is 0.0660. The molecule has 0 amide bonds. The molecule has 254 valence electrons. The molecule has 43 heavy (non-hydrogen) atoms. The molecule has 0 aromatic rings. The van der Waals surface area contributed by atoms with Crippen LogP contribution >= 0.6 is 0 Å². The Morgan fingerprint density at radius 1 is 0.372 bits per heavy atom. The molecular weight excluding hydrogens is 540 g/mol. The average molecular weight is 611 g/mol. The van der Waals surface area contributed by atoms with Gasteiger partial charge in [0.25, 0.3) is 0 Å². The molecule has 1 atom stereocenters. The Balaban J connectivity index is 4.24. The Morgan fingerprint density at radius 2 is 0.628 bits per heavy atom. The number of hydrogen-bond donors (Lipinski definition) is 0. The first-order chi connectivity index (χ1) is 21.0. The largest absolute Gasteiger partial charge is 0.462 e. The van der Waals surface area contributed by atoms with E-state index in [1.54, 1.807) is 0 Å². The summed E-state index contributed by atoms with van der Waals surface area (Å²) in [6, 6.07) is 0. The monoisotopic (exact) mass is 611 g/mol. The van der Waals surface area contributed by atoms with Crippen LogP contribution in [0, 0.1) is 0 Å². The molecular formula is C37H70O6. The van der Waals surface area contributed by atoms with Crippen LogP contribution in [0.5, 0.6) is 0 Å². The molecule has 0 radical (unpaired) electrons. The summed E-state index contributed by atoms with van der Waals surface area (Å²) < 4.78 is 16.4. The number of carbonyl (C=O) groups excluding carboxylic acids is 3. The number of carbonyl (C=O) groups is 3. The SMILES string of the molecule is CCCCCCCCCCCCCCCC(=O)OC(COC(=O)CCCCCCC)COC(=O)CCCCCCCCC. The van der Waals surface area contributed by atoms with Gasteiger partial charge >= 0.3 is 17.9 Å². The molecule has 6 nitrogen and oxygen atoms in total.